The molecule has 1 aromatic heterocycles. The molecule has 3 heterocycles. The number of hydrogen-bond donors (Lipinski definition) is 1. The van der Waals surface area contributed by atoms with E-state index in [0.29, 0.717) is 5.92 Å². The van der Waals surface area contributed by atoms with Gasteiger partial charge in [-0.1, -0.05) is 0 Å². The number of aryl methyl sites for hydroxylation is 1. The normalized spacial score (nSPS) is 24.5. The summed E-state index contributed by atoms with van der Waals surface area (Å²) in [5.41, 5.74) is 1.95. The first-order valence-corrected chi connectivity index (χ1v) is 10.3. The van der Waals surface area contributed by atoms with Gasteiger partial charge in [0.25, 0.3) is 12.4 Å². The van der Waals surface area contributed by atoms with E-state index in [-0.39, 0.29) is 18.5 Å². The van der Waals surface area contributed by atoms with Gasteiger partial charge in [0.15, 0.2) is 0 Å². The first-order chi connectivity index (χ1) is 14.1. The van der Waals surface area contributed by atoms with Crippen molar-refractivity contribution in [2.45, 2.75) is 18.9 Å². The quantitative estimate of drug-likeness (QED) is 0.800. The van der Waals surface area contributed by atoms with Crippen LogP contribution in [-0.2, 0) is 16.6 Å². The Morgan fingerprint density at radius 2 is 2.03 bits per heavy atom. The summed E-state index contributed by atoms with van der Waals surface area (Å²) in [5, 5.41) is 8.01. The van der Waals surface area contributed by atoms with E-state index in [1.165, 1.54) is 19.4 Å². The zero-order valence-electron chi connectivity index (χ0n) is 16.9. The van der Waals surface area contributed by atoms with Gasteiger partial charge in [-0.05, 0) is 43.0 Å². The molecule has 0 spiro atoms. The average Bonchev–Trinajstić information content (AvgIpc) is 3.38. The van der Waals surface area contributed by atoms with Crippen molar-refractivity contribution in [3.8, 4) is 0 Å². The highest BCUT2D eigenvalue weighted by Crippen LogP contribution is 2.32. The molecular formula is C22H29N3O4. The van der Waals surface area contributed by atoms with Crippen LogP contribution in [0.2, 0.25) is 0 Å². The highest BCUT2D eigenvalue weighted by Gasteiger charge is 2.39. The van der Waals surface area contributed by atoms with Gasteiger partial charge < -0.3 is 24.2 Å². The molecule has 2 aliphatic heterocycles. The number of ether oxygens (including phenoxy) is 1. The molecule has 1 saturated carbocycles. The fourth-order valence-electron chi connectivity index (χ4n) is 4.56. The van der Waals surface area contributed by atoms with Gasteiger partial charge in [0.2, 0.25) is 0 Å². The van der Waals surface area contributed by atoms with Gasteiger partial charge >= 0.3 is 0 Å². The van der Waals surface area contributed by atoms with Gasteiger partial charge in [-0.3, -0.25) is 9.59 Å². The Hall–Kier alpha value is -2.38. The Kier molecular flexibility index (Phi) is 5.87. The lowest BCUT2D eigenvalue weighted by Gasteiger charge is -2.23. The molecule has 2 aromatic rings. The molecule has 5 rings (SSSR count). The number of carboxylic acid groups (broad SMARTS) is 1. The second-order valence-corrected chi connectivity index (χ2v) is 8.39. The average molecular weight is 399 g/mol. The molecule has 7 heteroatoms. The minimum absolute atomic E-state index is 0.140. The molecule has 156 valence electrons. The largest absolute Gasteiger partial charge is 0.483 e. The van der Waals surface area contributed by atoms with Crippen molar-refractivity contribution in [1.29, 1.82) is 0 Å². The third kappa shape index (κ3) is 4.46. The Balaban J connectivity index is 0.000000645. The molecule has 3 aliphatic rings. The molecule has 2 saturated heterocycles. The van der Waals surface area contributed by atoms with Gasteiger partial charge in [-0.2, -0.15) is 0 Å². The van der Waals surface area contributed by atoms with Gasteiger partial charge in [0.1, 0.15) is 0 Å². The minimum Gasteiger partial charge on any atom is -0.483 e. The smallest absolute Gasteiger partial charge is 0.290 e. The summed E-state index contributed by atoms with van der Waals surface area (Å²) >= 11 is 0. The maximum absolute atomic E-state index is 13.0. The van der Waals surface area contributed by atoms with Crippen molar-refractivity contribution in [2.24, 2.45) is 18.9 Å². The third-order valence-corrected chi connectivity index (χ3v) is 6.25. The van der Waals surface area contributed by atoms with Crippen LogP contribution in [0.25, 0.3) is 10.9 Å². The Labute approximate surface area is 170 Å². The van der Waals surface area contributed by atoms with E-state index in [0.717, 1.165) is 55.2 Å². The number of nitrogens with zero attached hydrogens (tertiary/aromatic N) is 3. The standard InChI is InChI=1S/C21H27N3O2.CH2O2/c1-22-7-6-16-10-17(4-5-19(16)22)21(25)24-13-18-12-23(11-15-2-3-15)8-9-26-20(18)14-24;2-1-3/h4-7,10,15,18,20H,2-3,8-9,11-14H2,1H3;1H,(H,2,3)/t18-,20+;/m0./s1. The Bertz CT molecular complexity index is 876. The number of carbonyl (C=O) groups is 2. The lowest BCUT2D eigenvalue weighted by Crippen LogP contribution is -2.35. The molecule has 3 fully saturated rings. The molecule has 0 radical (unpaired) electrons. The summed E-state index contributed by atoms with van der Waals surface area (Å²) < 4.78 is 8.19. The van der Waals surface area contributed by atoms with Gasteiger partial charge in [0.05, 0.1) is 12.7 Å². The van der Waals surface area contributed by atoms with Crippen molar-refractivity contribution >= 4 is 23.3 Å². The van der Waals surface area contributed by atoms with Crippen LogP contribution in [0, 0.1) is 11.8 Å². The zero-order chi connectivity index (χ0) is 20.4. The maximum atomic E-state index is 13.0. The van der Waals surface area contributed by atoms with Crippen molar-refractivity contribution in [3.05, 3.63) is 36.0 Å². The van der Waals surface area contributed by atoms with Crippen LogP contribution in [0.5, 0.6) is 0 Å². The fraction of sp³-hybridized carbons (Fsp3) is 0.545. The van der Waals surface area contributed by atoms with Crippen molar-refractivity contribution in [2.75, 3.05) is 39.3 Å². The number of likely N-dealkylation sites (tertiary alicyclic amines) is 1. The first kappa shape index (κ1) is 19.9. The summed E-state index contributed by atoms with van der Waals surface area (Å²) in [4.78, 5) is 26.0. The first-order valence-electron chi connectivity index (χ1n) is 10.3. The predicted octanol–water partition coefficient (Wildman–Crippen LogP) is 2.06. The van der Waals surface area contributed by atoms with E-state index in [1.54, 1.807) is 0 Å². The SMILES string of the molecule is Cn1ccc2cc(C(=O)N3C[C@@H]4CN(CC5CC5)CCO[C@@H]4C3)ccc21.O=CO. The molecule has 2 atom stereocenters. The van der Waals surface area contributed by atoms with Crippen LogP contribution in [0.1, 0.15) is 23.2 Å². The highest BCUT2D eigenvalue weighted by atomic mass is 16.5. The fourth-order valence-corrected chi connectivity index (χ4v) is 4.56. The lowest BCUT2D eigenvalue weighted by atomic mass is 10.1. The summed E-state index contributed by atoms with van der Waals surface area (Å²) in [6.07, 6.45) is 5.01. The summed E-state index contributed by atoms with van der Waals surface area (Å²) in [7, 11) is 2.03. The number of hydrogen-bond acceptors (Lipinski definition) is 4. The molecule has 1 aromatic carbocycles. The number of rotatable bonds is 3. The van der Waals surface area contributed by atoms with Crippen LogP contribution in [-0.4, -0.2) is 77.3 Å². The second kappa shape index (κ2) is 8.55. The van der Waals surface area contributed by atoms with Gasteiger partial charge in [-0.15, -0.1) is 0 Å². The molecule has 7 nitrogen and oxygen atoms in total. The van der Waals surface area contributed by atoms with Crippen molar-refractivity contribution in [3.63, 3.8) is 0 Å². The molecule has 0 unspecified atom stereocenters. The molecule has 1 aliphatic carbocycles. The van der Waals surface area contributed by atoms with Gasteiger partial charge in [-0.25, -0.2) is 0 Å². The lowest BCUT2D eigenvalue weighted by molar-refractivity contribution is -0.122. The van der Waals surface area contributed by atoms with E-state index in [9.17, 15) is 4.79 Å². The van der Waals surface area contributed by atoms with Gasteiger partial charge in [0, 0.05) is 68.4 Å². The Morgan fingerprint density at radius 3 is 2.79 bits per heavy atom. The van der Waals surface area contributed by atoms with E-state index in [4.69, 9.17) is 14.6 Å². The minimum atomic E-state index is -0.250. The topological polar surface area (TPSA) is 75.0 Å². The summed E-state index contributed by atoms with van der Waals surface area (Å²) in [6, 6.07) is 8.09. The van der Waals surface area contributed by atoms with Crippen LogP contribution in [0.4, 0.5) is 0 Å². The molecule has 1 amide bonds. The van der Waals surface area contributed by atoms with Crippen LogP contribution >= 0.6 is 0 Å². The maximum Gasteiger partial charge on any atom is 0.290 e. The van der Waals surface area contributed by atoms with Crippen molar-refractivity contribution < 1.29 is 19.4 Å². The second-order valence-electron chi connectivity index (χ2n) is 8.39. The highest BCUT2D eigenvalue weighted by molar-refractivity contribution is 5.98. The van der Waals surface area contributed by atoms with E-state index < -0.39 is 0 Å². The molecule has 1 N–H and O–H groups in total. The number of fused-ring (bicyclic) bond motifs is 2. The monoisotopic (exact) mass is 399 g/mol. The number of amides is 1. The van der Waals surface area contributed by atoms with E-state index >= 15 is 0 Å². The van der Waals surface area contributed by atoms with Crippen LogP contribution < -0.4 is 0 Å². The summed E-state index contributed by atoms with van der Waals surface area (Å²) in [6.45, 7) is 5.42. The predicted molar refractivity (Wildman–Crippen MR) is 110 cm³/mol. The molecule has 0 bridgehead atoms. The zero-order valence-corrected chi connectivity index (χ0v) is 16.9. The van der Waals surface area contributed by atoms with E-state index in [2.05, 4.69) is 15.5 Å². The number of aromatic nitrogens is 1. The summed E-state index contributed by atoms with van der Waals surface area (Å²) in [5.74, 6) is 1.49. The van der Waals surface area contributed by atoms with Crippen LogP contribution in [0.3, 0.4) is 0 Å². The number of carbonyl (C=O) groups excluding carboxylic acids is 1. The molecular weight excluding hydrogens is 370 g/mol. The third-order valence-electron chi connectivity index (χ3n) is 6.25. The van der Waals surface area contributed by atoms with E-state index in [1.807, 2.05) is 36.3 Å². The van der Waals surface area contributed by atoms with Crippen molar-refractivity contribution in [1.82, 2.24) is 14.4 Å². The Morgan fingerprint density at radius 1 is 1.24 bits per heavy atom. The molecule has 29 heavy (non-hydrogen) atoms. The van der Waals surface area contributed by atoms with Crippen LogP contribution in [0.15, 0.2) is 30.5 Å². The number of benzene rings is 1.